The van der Waals surface area contributed by atoms with Gasteiger partial charge in [0.25, 0.3) is 0 Å². The molecule has 8 heteroatoms. The maximum Gasteiger partial charge on any atom is 0.191 e. The summed E-state index contributed by atoms with van der Waals surface area (Å²) in [5.41, 5.74) is 3.28. The van der Waals surface area contributed by atoms with Crippen LogP contribution in [0.1, 0.15) is 31.9 Å². The second kappa shape index (κ2) is 12.3. The van der Waals surface area contributed by atoms with Gasteiger partial charge in [0.2, 0.25) is 0 Å². The molecular formula is C24H32N6O2. The SMILES string of the molecule is CCNC(=NCc1ccc(-n2cncn2)cc1)NCCc1ccc(OCC)c(OCC)c1. The minimum atomic E-state index is 0.588. The molecule has 0 amide bonds. The molecule has 2 N–H and O–H groups in total. The van der Waals surface area contributed by atoms with Crippen LogP contribution in [0.4, 0.5) is 0 Å². The number of guanidine groups is 1. The lowest BCUT2D eigenvalue weighted by molar-refractivity contribution is 0.287. The summed E-state index contributed by atoms with van der Waals surface area (Å²) >= 11 is 0. The van der Waals surface area contributed by atoms with E-state index in [0.29, 0.717) is 19.8 Å². The summed E-state index contributed by atoms with van der Waals surface area (Å²) in [5, 5.41) is 10.9. The summed E-state index contributed by atoms with van der Waals surface area (Å²) in [5.74, 6) is 2.38. The van der Waals surface area contributed by atoms with Crippen molar-refractivity contribution in [2.45, 2.75) is 33.7 Å². The summed E-state index contributed by atoms with van der Waals surface area (Å²) in [7, 11) is 0. The lowest BCUT2D eigenvalue weighted by Gasteiger charge is -2.14. The molecule has 32 heavy (non-hydrogen) atoms. The Morgan fingerprint density at radius 3 is 2.38 bits per heavy atom. The Labute approximate surface area is 189 Å². The van der Waals surface area contributed by atoms with Crippen molar-refractivity contribution in [3.05, 3.63) is 66.2 Å². The Kier molecular flexibility index (Phi) is 8.92. The largest absolute Gasteiger partial charge is 0.490 e. The lowest BCUT2D eigenvalue weighted by atomic mass is 10.1. The van der Waals surface area contributed by atoms with Crippen molar-refractivity contribution in [2.75, 3.05) is 26.3 Å². The van der Waals surface area contributed by atoms with Crippen LogP contribution in [-0.2, 0) is 13.0 Å². The van der Waals surface area contributed by atoms with Crippen LogP contribution in [0.25, 0.3) is 5.69 Å². The first-order chi connectivity index (χ1) is 15.7. The van der Waals surface area contributed by atoms with E-state index in [2.05, 4.69) is 51.9 Å². The zero-order valence-corrected chi connectivity index (χ0v) is 19.0. The second-order valence-corrected chi connectivity index (χ2v) is 7.03. The monoisotopic (exact) mass is 436 g/mol. The maximum absolute atomic E-state index is 5.73. The molecule has 0 spiro atoms. The zero-order chi connectivity index (χ0) is 22.6. The van der Waals surface area contributed by atoms with E-state index >= 15 is 0 Å². The van der Waals surface area contributed by atoms with Crippen LogP contribution < -0.4 is 20.1 Å². The van der Waals surface area contributed by atoms with Gasteiger partial charge in [0.1, 0.15) is 12.7 Å². The summed E-state index contributed by atoms with van der Waals surface area (Å²) < 4.78 is 13.1. The number of benzene rings is 2. The van der Waals surface area contributed by atoms with Crippen molar-refractivity contribution in [1.29, 1.82) is 0 Å². The molecule has 0 bridgehead atoms. The summed E-state index contributed by atoms with van der Waals surface area (Å²) in [6.45, 7) is 9.39. The van der Waals surface area contributed by atoms with Gasteiger partial charge >= 0.3 is 0 Å². The van der Waals surface area contributed by atoms with Gasteiger partial charge in [0.05, 0.1) is 25.4 Å². The molecule has 0 aliphatic rings. The molecule has 1 aromatic heterocycles. The first-order valence-electron chi connectivity index (χ1n) is 11.1. The number of nitrogens with one attached hydrogen (secondary N) is 2. The van der Waals surface area contributed by atoms with Crippen molar-refractivity contribution >= 4 is 5.96 Å². The third-order valence-electron chi connectivity index (χ3n) is 4.70. The summed E-state index contributed by atoms with van der Waals surface area (Å²) in [4.78, 5) is 8.69. The van der Waals surface area contributed by atoms with E-state index in [1.807, 2.05) is 32.0 Å². The normalized spacial score (nSPS) is 11.3. The number of aliphatic imine (C=N–C) groups is 1. The van der Waals surface area contributed by atoms with Gasteiger partial charge in [0.15, 0.2) is 17.5 Å². The number of rotatable bonds is 11. The number of nitrogens with zero attached hydrogens (tertiary/aromatic N) is 4. The average molecular weight is 437 g/mol. The first kappa shape index (κ1) is 23.1. The van der Waals surface area contributed by atoms with Gasteiger partial charge in [-0.25, -0.2) is 14.7 Å². The van der Waals surface area contributed by atoms with Gasteiger partial charge in [0, 0.05) is 13.1 Å². The van der Waals surface area contributed by atoms with E-state index < -0.39 is 0 Å². The van der Waals surface area contributed by atoms with Gasteiger partial charge in [-0.15, -0.1) is 0 Å². The number of hydrogen-bond donors (Lipinski definition) is 2. The third kappa shape index (κ3) is 6.73. The van der Waals surface area contributed by atoms with Crippen LogP contribution >= 0.6 is 0 Å². The molecule has 1 heterocycles. The molecule has 0 saturated carbocycles. The molecule has 0 aliphatic heterocycles. The first-order valence-corrected chi connectivity index (χ1v) is 11.1. The van der Waals surface area contributed by atoms with Gasteiger partial charge < -0.3 is 20.1 Å². The summed E-state index contributed by atoms with van der Waals surface area (Å²) in [6, 6.07) is 14.3. The van der Waals surface area contributed by atoms with Crippen LogP contribution in [0, 0.1) is 0 Å². The van der Waals surface area contributed by atoms with Gasteiger partial charge in [-0.1, -0.05) is 18.2 Å². The molecule has 0 radical (unpaired) electrons. The van der Waals surface area contributed by atoms with Crippen LogP contribution in [-0.4, -0.2) is 47.0 Å². The molecule has 0 saturated heterocycles. The molecule has 0 unspecified atom stereocenters. The fourth-order valence-electron chi connectivity index (χ4n) is 3.18. The standard InChI is InChI=1S/C24H32N6O2/c1-4-26-24(28-16-20-7-10-21(11-8-20)30-18-25-17-29-30)27-14-13-19-9-12-22(31-5-2)23(15-19)32-6-3/h7-12,15,17-18H,4-6,13-14,16H2,1-3H3,(H2,26,27,28). The molecule has 3 aromatic rings. The quantitative estimate of drug-likeness (QED) is 0.354. The molecule has 2 aromatic carbocycles. The molecule has 0 atom stereocenters. The predicted octanol–water partition coefficient (Wildman–Crippen LogP) is 3.36. The number of ether oxygens (including phenoxy) is 2. The topological polar surface area (TPSA) is 85.6 Å². The van der Waals surface area contributed by atoms with Crippen LogP contribution in [0.5, 0.6) is 11.5 Å². The minimum absolute atomic E-state index is 0.588. The van der Waals surface area contributed by atoms with Crippen molar-refractivity contribution in [1.82, 2.24) is 25.4 Å². The molecule has 0 fully saturated rings. The van der Waals surface area contributed by atoms with E-state index in [1.54, 1.807) is 11.0 Å². The van der Waals surface area contributed by atoms with Crippen molar-refractivity contribution in [2.24, 2.45) is 4.99 Å². The number of hydrogen-bond acceptors (Lipinski definition) is 5. The Bertz CT molecular complexity index is 971. The average Bonchev–Trinajstić information content (AvgIpc) is 3.35. The lowest BCUT2D eigenvalue weighted by Crippen LogP contribution is -2.38. The number of aromatic nitrogens is 3. The van der Waals surface area contributed by atoms with Crippen molar-refractivity contribution in [3.63, 3.8) is 0 Å². The maximum atomic E-state index is 5.73. The van der Waals surface area contributed by atoms with E-state index in [9.17, 15) is 0 Å². The second-order valence-electron chi connectivity index (χ2n) is 7.03. The highest BCUT2D eigenvalue weighted by atomic mass is 16.5. The molecule has 8 nitrogen and oxygen atoms in total. The van der Waals surface area contributed by atoms with Crippen LogP contribution in [0.15, 0.2) is 60.1 Å². The van der Waals surface area contributed by atoms with E-state index in [-0.39, 0.29) is 0 Å². The summed E-state index contributed by atoms with van der Waals surface area (Å²) in [6.07, 6.45) is 4.06. The van der Waals surface area contributed by atoms with E-state index in [4.69, 9.17) is 14.5 Å². The fourth-order valence-corrected chi connectivity index (χ4v) is 3.18. The Morgan fingerprint density at radius 2 is 1.69 bits per heavy atom. The predicted molar refractivity (Wildman–Crippen MR) is 127 cm³/mol. The third-order valence-corrected chi connectivity index (χ3v) is 4.70. The minimum Gasteiger partial charge on any atom is -0.490 e. The van der Waals surface area contributed by atoms with Crippen molar-refractivity contribution in [3.8, 4) is 17.2 Å². The Balaban J connectivity index is 1.56. The smallest absolute Gasteiger partial charge is 0.191 e. The van der Waals surface area contributed by atoms with Gasteiger partial charge in [-0.05, 0) is 62.6 Å². The Morgan fingerprint density at radius 1 is 0.938 bits per heavy atom. The van der Waals surface area contributed by atoms with Gasteiger partial charge in [-0.2, -0.15) is 5.10 Å². The van der Waals surface area contributed by atoms with Crippen LogP contribution in [0.3, 0.4) is 0 Å². The van der Waals surface area contributed by atoms with E-state index in [0.717, 1.165) is 48.2 Å². The van der Waals surface area contributed by atoms with Gasteiger partial charge in [-0.3, -0.25) is 0 Å². The highest BCUT2D eigenvalue weighted by Gasteiger charge is 2.07. The highest BCUT2D eigenvalue weighted by Crippen LogP contribution is 2.28. The molecule has 170 valence electrons. The van der Waals surface area contributed by atoms with Crippen molar-refractivity contribution < 1.29 is 9.47 Å². The molecular weight excluding hydrogens is 404 g/mol. The highest BCUT2D eigenvalue weighted by molar-refractivity contribution is 5.79. The molecule has 0 aliphatic carbocycles. The van der Waals surface area contributed by atoms with E-state index in [1.165, 1.54) is 11.9 Å². The Hall–Kier alpha value is -3.55. The zero-order valence-electron chi connectivity index (χ0n) is 19.0. The molecule has 3 rings (SSSR count). The van der Waals surface area contributed by atoms with Crippen LogP contribution in [0.2, 0.25) is 0 Å². The fraction of sp³-hybridized carbons (Fsp3) is 0.375.